The van der Waals surface area contributed by atoms with E-state index in [2.05, 4.69) is 40.3 Å². The van der Waals surface area contributed by atoms with Gasteiger partial charge in [-0.1, -0.05) is 33.4 Å². The van der Waals surface area contributed by atoms with Gasteiger partial charge in [-0.2, -0.15) is 0 Å². The van der Waals surface area contributed by atoms with Crippen LogP contribution < -0.4 is 0 Å². The lowest BCUT2D eigenvalue weighted by molar-refractivity contribution is 0.533. The number of thioether (sulfide) groups is 1. The van der Waals surface area contributed by atoms with Crippen molar-refractivity contribution in [3.63, 3.8) is 0 Å². The van der Waals surface area contributed by atoms with Gasteiger partial charge in [0.05, 0.1) is 0 Å². The van der Waals surface area contributed by atoms with Crippen molar-refractivity contribution < 1.29 is 0 Å². The third kappa shape index (κ3) is 3.11. The van der Waals surface area contributed by atoms with Crippen LogP contribution in [0.1, 0.15) is 27.7 Å². The summed E-state index contributed by atoms with van der Waals surface area (Å²) in [6.07, 6.45) is 2.15. The minimum absolute atomic E-state index is 0.271. The van der Waals surface area contributed by atoms with Crippen LogP contribution in [0.3, 0.4) is 0 Å². The number of hydrogen-bond donors (Lipinski definition) is 0. The molecule has 0 bridgehead atoms. The fourth-order valence-electron chi connectivity index (χ4n) is 0.768. The van der Waals surface area contributed by atoms with E-state index in [0.717, 1.165) is 0 Å². The second-order valence-corrected chi connectivity index (χ2v) is 4.20. The Morgan fingerprint density at radius 2 is 1.90 bits per heavy atom. The molecule has 0 nitrogen and oxygen atoms in total. The summed E-state index contributed by atoms with van der Waals surface area (Å²) in [6.45, 7) is 12.4. The highest BCUT2D eigenvalue weighted by Crippen LogP contribution is 2.34. The second-order valence-electron chi connectivity index (χ2n) is 3.19. The van der Waals surface area contributed by atoms with Gasteiger partial charge in [0.2, 0.25) is 0 Å². The van der Waals surface area contributed by atoms with Crippen molar-refractivity contribution >= 4 is 11.8 Å². The molecule has 0 aromatic carbocycles. The smallest absolute Gasteiger partial charge is 0.00720 e. The van der Waals surface area contributed by atoms with Gasteiger partial charge in [0, 0.05) is 0 Å². The molecule has 0 radical (unpaired) electrons. The first kappa shape index (κ1) is 9.83. The molecule has 0 unspecified atom stereocenters. The monoisotopic (exact) mass is 156 g/mol. The van der Waals surface area contributed by atoms with E-state index in [4.69, 9.17) is 0 Å². The fourth-order valence-corrected chi connectivity index (χ4v) is 1.44. The van der Waals surface area contributed by atoms with Crippen molar-refractivity contribution in [2.75, 3.05) is 0 Å². The highest BCUT2D eigenvalue weighted by atomic mass is 32.2. The molecule has 0 amide bonds. The van der Waals surface area contributed by atoms with Gasteiger partial charge in [-0.25, -0.2) is 0 Å². The van der Waals surface area contributed by atoms with Crippen molar-refractivity contribution in [2.45, 2.75) is 27.7 Å². The zero-order valence-corrected chi connectivity index (χ0v) is 8.09. The van der Waals surface area contributed by atoms with Crippen molar-refractivity contribution in [1.29, 1.82) is 0 Å². The van der Waals surface area contributed by atoms with Crippen LogP contribution in [0, 0.1) is 5.41 Å². The normalized spacial score (nSPS) is 13.4. The fraction of sp³-hybridized carbons (Fsp3) is 0.556. The van der Waals surface area contributed by atoms with Gasteiger partial charge in [0.15, 0.2) is 0 Å². The van der Waals surface area contributed by atoms with Crippen molar-refractivity contribution in [3.8, 4) is 0 Å². The Balaban J connectivity index is 4.23. The van der Waals surface area contributed by atoms with Crippen LogP contribution in [0.2, 0.25) is 0 Å². The molecular weight excluding hydrogens is 140 g/mol. The van der Waals surface area contributed by atoms with Crippen LogP contribution in [0.5, 0.6) is 0 Å². The maximum Gasteiger partial charge on any atom is -0.00720 e. The van der Waals surface area contributed by atoms with Gasteiger partial charge in [-0.05, 0) is 22.7 Å². The van der Waals surface area contributed by atoms with Gasteiger partial charge in [-0.15, -0.1) is 11.8 Å². The Bertz CT molecular complexity index is 137. The molecule has 0 aromatic rings. The number of hydrogen-bond acceptors (Lipinski definition) is 1. The number of rotatable bonds is 2. The van der Waals surface area contributed by atoms with Crippen LogP contribution in [0.15, 0.2) is 23.0 Å². The molecule has 0 heterocycles. The van der Waals surface area contributed by atoms with Gasteiger partial charge >= 0.3 is 0 Å². The lowest BCUT2D eigenvalue weighted by atomic mass is 9.96. The Labute approximate surface area is 68.4 Å². The van der Waals surface area contributed by atoms with Crippen molar-refractivity contribution in [3.05, 3.63) is 23.0 Å². The zero-order valence-electron chi connectivity index (χ0n) is 7.27. The van der Waals surface area contributed by atoms with E-state index in [9.17, 15) is 0 Å². The van der Waals surface area contributed by atoms with Gasteiger partial charge in [0.25, 0.3) is 0 Å². The van der Waals surface area contributed by atoms with E-state index in [1.54, 1.807) is 11.8 Å². The molecule has 1 heteroatoms. The van der Waals surface area contributed by atoms with Crippen LogP contribution >= 0.6 is 11.8 Å². The van der Waals surface area contributed by atoms with Gasteiger partial charge < -0.3 is 0 Å². The summed E-state index contributed by atoms with van der Waals surface area (Å²) in [7, 11) is 0. The molecule has 0 aliphatic heterocycles. The second kappa shape index (κ2) is 3.87. The van der Waals surface area contributed by atoms with Crippen LogP contribution in [0.25, 0.3) is 0 Å². The molecule has 0 saturated heterocycles. The molecule has 0 N–H and O–H groups in total. The molecule has 0 atom stereocenters. The highest BCUT2D eigenvalue weighted by molar-refractivity contribution is 8.05. The van der Waals surface area contributed by atoms with Gasteiger partial charge in [-0.3, -0.25) is 0 Å². The predicted octanol–water partition coefficient (Wildman–Crippen LogP) is 3.81. The lowest BCUT2D eigenvalue weighted by Gasteiger charge is -2.20. The highest BCUT2D eigenvalue weighted by Gasteiger charge is 2.14. The average Bonchev–Trinajstić information content (AvgIpc) is 1.80. The lowest BCUT2D eigenvalue weighted by Crippen LogP contribution is -2.05. The molecule has 0 aliphatic rings. The summed E-state index contributed by atoms with van der Waals surface area (Å²) in [6, 6.07) is 0. The first-order valence-corrected chi connectivity index (χ1v) is 4.34. The summed E-state index contributed by atoms with van der Waals surface area (Å²) in [5.41, 5.74) is 0.271. The quantitative estimate of drug-likeness (QED) is 0.586. The summed E-state index contributed by atoms with van der Waals surface area (Å²) in [4.78, 5) is 1.38. The van der Waals surface area contributed by atoms with E-state index in [1.165, 1.54) is 4.91 Å². The molecule has 0 fully saturated rings. The molecule has 0 aromatic heterocycles. The SMILES string of the molecule is C=CS/C(=C\C)C(C)(C)C. The molecule has 10 heavy (non-hydrogen) atoms. The molecule has 0 aliphatic carbocycles. The molecule has 0 saturated carbocycles. The largest absolute Gasteiger partial charge is 0.103 e. The Kier molecular flexibility index (Phi) is 3.80. The van der Waals surface area contributed by atoms with Crippen LogP contribution in [-0.4, -0.2) is 0 Å². The zero-order chi connectivity index (χ0) is 8.20. The van der Waals surface area contributed by atoms with E-state index in [1.807, 2.05) is 5.41 Å². The van der Waals surface area contributed by atoms with Crippen LogP contribution in [0.4, 0.5) is 0 Å². The Morgan fingerprint density at radius 1 is 1.40 bits per heavy atom. The minimum Gasteiger partial charge on any atom is -0.103 e. The molecule has 0 rings (SSSR count). The standard InChI is InChI=1S/C9H16S/c1-6-8(10-7-2)9(3,4)5/h6-7H,2H2,1,3-5H3/b8-6-. The molecule has 58 valence electrons. The van der Waals surface area contributed by atoms with E-state index >= 15 is 0 Å². The van der Waals surface area contributed by atoms with Crippen molar-refractivity contribution in [2.24, 2.45) is 5.41 Å². The summed E-state index contributed by atoms with van der Waals surface area (Å²) < 4.78 is 0. The summed E-state index contributed by atoms with van der Waals surface area (Å²) >= 11 is 1.71. The van der Waals surface area contributed by atoms with E-state index in [0.29, 0.717) is 0 Å². The topological polar surface area (TPSA) is 0 Å². The van der Waals surface area contributed by atoms with Crippen LogP contribution in [-0.2, 0) is 0 Å². The third-order valence-corrected chi connectivity index (χ3v) is 2.48. The maximum atomic E-state index is 3.68. The van der Waals surface area contributed by atoms with E-state index in [-0.39, 0.29) is 5.41 Å². The average molecular weight is 156 g/mol. The first-order chi connectivity index (χ1) is 4.52. The first-order valence-electron chi connectivity index (χ1n) is 3.46. The maximum absolute atomic E-state index is 3.68. The summed E-state index contributed by atoms with van der Waals surface area (Å²) in [5.74, 6) is 0. The van der Waals surface area contributed by atoms with Gasteiger partial charge in [0.1, 0.15) is 0 Å². The Morgan fingerprint density at radius 3 is 2.00 bits per heavy atom. The van der Waals surface area contributed by atoms with E-state index < -0.39 is 0 Å². The third-order valence-electron chi connectivity index (χ3n) is 1.21. The molecule has 0 spiro atoms. The molecular formula is C9H16S. The summed E-state index contributed by atoms with van der Waals surface area (Å²) in [5, 5.41) is 1.88. The van der Waals surface area contributed by atoms with Crippen molar-refractivity contribution in [1.82, 2.24) is 0 Å². The Hall–Kier alpha value is -0.170. The minimum atomic E-state index is 0.271. The number of allylic oxidation sites excluding steroid dienone is 2. The predicted molar refractivity (Wildman–Crippen MR) is 51.0 cm³/mol.